The molecule has 1 N–H and O–H groups in total. The zero-order chi connectivity index (χ0) is 23.1. The second-order valence-electron chi connectivity index (χ2n) is 8.17. The van der Waals surface area contributed by atoms with Crippen molar-refractivity contribution in [3.05, 3.63) is 60.2 Å². The van der Waals surface area contributed by atoms with E-state index in [2.05, 4.69) is 17.1 Å². The van der Waals surface area contributed by atoms with Crippen molar-refractivity contribution < 1.29 is 22.0 Å². The maximum absolute atomic E-state index is 13.4. The van der Waals surface area contributed by atoms with Crippen molar-refractivity contribution >= 4 is 21.6 Å². The van der Waals surface area contributed by atoms with Gasteiger partial charge in [0, 0.05) is 6.54 Å². The highest BCUT2D eigenvalue weighted by molar-refractivity contribution is 7.92. The summed E-state index contributed by atoms with van der Waals surface area (Å²) in [5, 5.41) is 2.77. The van der Waals surface area contributed by atoms with Crippen LogP contribution in [0.3, 0.4) is 0 Å². The van der Waals surface area contributed by atoms with E-state index in [4.69, 9.17) is 0 Å². The summed E-state index contributed by atoms with van der Waals surface area (Å²) in [6, 6.07) is 9.19. The number of carbonyl (C=O) groups is 1. The average Bonchev–Trinajstić information content (AvgIpc) is 2.77. The number of halogens is 2. The summed E-state index contributed by atoms with van der Waals surface area (Å²) in [6.45, 7) is 5.21. The normalized spacial score (nSPS) is 15.5. The molecule has 0 radical (unpaired) electrons. The number of sulfonamides is 1. The van der Waals surface area contributed by atoms with Crippen LogP contribution in [0.25, 0.3) is 0 Å². The first-order valence-corrected chi connectivity index (χ1v) is 12.2. The van der Waals surface area contributed by atoms with Crippen molar-refractivity contribution in [1.82, 2.24) is 10.2 Å². The first-order valence-electron chi connectivity index (χ1n) is 10.8. The molecular formula is C23H29F2N3O3S. The first kappa shape index (κ1) is 24.1. The fourth-order valence-corrected chi connectivity index (χ4v) is 5.08. The van der Waals surface area contributed by atoms with E-state index in [0.717, 1.165) is 72.7 Å². The van der Waals surface area contributed by atoms with Gasteiger partial charge < -0.3 is 10.2 Å². The van der Waals surface area contributed by atoms with Gasteiger partial charge in [0.05, 0.1) is 10.6 Å². The summed E-state index contributed by atoms with van der Waals surface area (Å²) in [5.41, 5.74) is 0.147. The Bertz CT molecular complexity index is 990. The lowest BCUT2D eigenvalue weighted by Crippen LogP contribution is -2.42. The smallest absolute Gasteiger partial charge is 0.264 e. The third kappa shape index (κ3) is 6.49. The van der Waals surface area contributed by atoms with Gasteiger partial charge in [0.25, 0.3) is 10.0 Å². The summed E-state index contributed by atoms with van der Waals surface area (Å²) in [4.78, 5) is 14.8. The number of benzene rings is 2. The molecule has 0 atom stereocenters. The number of nitrogens with one attached hydrogen (secondary N) is 1. The van der Waals surface area contributed by atoms with E-state index < -0.39 is 34.1 Å². The van der Waals surface area contributed by atoms with E-state index in [-0.39, 0.29) is 10.6 Å². The van der Waals surface area contributed by atoms with Gasteiger partial charge in [-0.1, -0.05) is 6.92 Å². The van der Waals surface area contributed by atoms with E-state index in [9.17, 15) is 22.0 Å². The van der Waals surface area contributed by atoms with Gasteiger partial charge in [-0.3, -0.25) is 9.10 Å². The third-order valence-corrected chi connectivity index (χ3v) is 7.44. The first-order chi connectivity index (χ1) is 15.3. The summed E-state index contributed by atoms with van der Waals surface area (Å²) in [7, 11) is -4.16. The largest absolute Gasteiger partial charge is 0.354 e. The van der Waals surface area contributed by atoms with Crippen LogP contribution in [0.5, 0.6) is 0 Å². The molecule has 32 heavy (non-hydrogen) atoms. The van der Waals surface area contributed by atoms with Crippen molar-refractivity contribution in [3.8, 4) is 0 Å². The molecule has 2 aromatic carbocycles. The molecule has 174 valence electrons. The van der Waals surface area contributed by atoms with Crippen molar-refractivity contribution in [1.29, 1.82) is 0 Å². The summed E-state index contributed by atoms with van der Waals surface area (Å²) in [5.74, 6) is -0.804. The van der Waals surface area contributed by atoms with E-state index in [1.165, 1.54) is 25.0 Å². The Kier molecular flexibility index (Phi) is 8.20. The van der Waals surface area contributed by atoms with E-state index in [0.29, 0.717) is 6.54 Å². The number of piperidine rings is 1. The predicted octanol–water partition coefficient (Wildman–Crippen LogP) is 3.40. The van der Waals surface area contributed by atoms with Gasteiger partial charge in [-0.15, -0.1) is 0 Å². The number of nitrogens with zero attached hydrogens (tertiary/aromatic N) is 2. The van der Waals surface area contributed by atoms with Crippen LogP contribution >= 0.6 is 0 Å². The minimum atomic E-state index is -4.16. The van der Waals surface area contributed by atoms with Crippen LogP contribution in [0.15, 0.2) is 53.4 Å². The fraction of sp³-hybridized carbons (Fsp3) is 0.435. The molecule has 1 aliphatic heterocycles. The molecule has 1 heterocycles. The van der Waals surface area contributed by atoms with Gasteiger partial charge in [-0.05, 0) is 93.3 Å². The molecule has 0 bridgehead atoms. The molecule has 0 spiro atoms. The Labute approximate surface area is 188 Å². The Morgan fingerprint density at radius 3 is 2.19 bits per heavy atom. The van der Waals surface area contributed by atoms with Crippen LogP contribution in [0.1, 0.15) is 26.2 Å². The van der Waals surface area contributed by atoms with E-state index >= 15 is 0 Å². The minimum absolute atomic E-state index is 0.147. The summed E-state index contributed by atoms with van der Waals surface area (Å²) in [6.07, 6.45) is 3.13. The Morgan fingerprint density at radius 2 is 1.59 bits per heavy atom. The van der Waals surface area contributed by atoms with Gasteiger partial charge >= 0.3 is 0 Å². The molecule has 9 heteroatoms. The molecule has 1 saturated heterocycles. The van der Waals surface area contributed by atoms with Gasteiger partial charge in [0.2, 0.25) is 5.91 Å². The number of anilines is 1. The number of likely N-dealkylation sites (tertiary alicyclic amines) is 1. The second-order valence-corrected chi connectivity index (χ2v) is 10.0. The lowest BCUT2D eigenvalue weighted by molar-refractivity contribution is -0.119. The molecular weight excluding hydrogens is 436 g/mol. The van der Waals surface area contributed by atoms with Gasteiger partial charge in [0.15, 0.2) is 0 Å². The molecule has 0 aliphatic carbocycles. The lowest BCUT2D eigenvalue weighted by Gasteiger charge is -2.30. The van der Waals surface area contributed by atoms with Crippen LogP contribution < -0.4 is 9.62 Å². The van der Waals surface area contributed by atoms with Crippen LogP contribution in [0, 0.1) is 17.6 Å². The Balaban J connectivity index is 1.64. The van der Waals surface area contributed by atoms with Crippen molar-refractivity contribution in [2.24, 2.45) is 5.92 Å². The van der Waals surface area contributed by atoms with Crippen LogP contribution in [-0.4, -0.2) is 51.9 Å². The fourth-order valence-electron chi connectivity index (χ4n) is 3.66. The predicted molar refractivity (Wildman–Crippen MR) is 120 cm³/mol. The van der Waals surface area contributed by atoms with Crippen molar-refractivity contribution in [2.75, 3.05) is 37.0 Å². The highest BCUT2D eigenvalue weighted by Crippen LogP contribution is 2.24. The molecule has 1 amide bonds. The highest BCUT2D eigenvalue weighted by Gasteiger charge is 2.27. The maximum atomic E-state index is 13.4. The highest BCUT2D eigenvalue weighted by atomic mass is 32.2. The van der Waals surface area contributed by atoms with Gasteiger partial charge in [-0.25, -0.2) is 17.2 Å². The molecule has 0 aromatic heterocycles. The van der Waals surface area contributed by atoms with E-state index in [1.807, 2.05) is 0 Å². The van der Waals surface area contributed by atoms with Gasteiger partial charge in [-0.2, -0.15) is 0 Å². The summed E-state index contributed by atoms with van der Waals surface area (Å²) >= 11 is 0. The van der Waals surface area contributed by atoms with Crippen LogP contribution in [0.2, 0.25) is 0 Å². The lowest BCUT2D eigenvalue weighted by atomic mass is 9.99. The number of hydrogen-bond acceptors (Lipinski definition) is 4. The van der Waals surface area contributed by atoms with E-state index in [1.54, 1.807) is 0 Å². The quantitative estimate of drug-likeness (QED) is 0.577. The number of rotatable bonds is 9. The maximum Gasteiger partial charge on any atom is 0.264 e. The van der Waals surface area contributed by atoms with Crippen molar-refractivity contribution in [3.63, 3.8) is 0 Å². The zero-order valence-electron chi connectivity index (χ0n) is 18.1. The topological polar surface area (TPSA) is 69.7 Å². The SMILES string of the molecule is CC1CCN(CCCNC(=O)CN(c2ccc(F)cc2)S(=O)(=O)c2ccc(F)cc2)CC1. The average molecular weight is 466 g/mol. The summed E-state index contributed by atoms with van der Waals surface area (Å²) < 4.78 is 53.8. The molecule has 1 aliphatic rings. The number of hydrogen-bond donors (Lipinski definition) is 1. The van der Waals surface area contributed by atoms with Crippen LogP contribution in [-0.2, 0) is 14.8 Å². The molecule has 2 aromatic rings. The Hall–Kier alpha value is -2.52. The Morgan fingerprint density at radius 1 is 1.03 bits per heavy atom. The molecule has 0 unspecified atom stereocenters. The molecule has 1 fully saturated rings. The number of amides is 1. The minimum Gasteiger partial charge on any atom is -0.354 e. The standard InChI is InChI=1S/C23H29F2N3O3S/c1-18-11-15-27(16-12-18)14-2-13-26-23(29)17-28(21-7-3-19(24)4-8-21)32(30,31)22-9-5-20(25)6-10-22/h3-10,18H,2,11-17H2,1H3,(H,26,29). The third-order valence-electron chi connectivity index (χ3n) is 5.65. The molecule has 0 saturated carbocycles. The van der Waals surface area contributed by atoms with Crippen molar-refractivity contribution in [2.45, 2.75) is 31.1 Å². The second kappa shape index (κ2) is 10.9. The molecule has 6 nitrogen and oxygen atoms in total. The monoisotopic (exact) mass is 465 g/mol. The van der Waals surface area contributed by atoms with Crippen LogP contribution in [0.4, 0.5) is 14.5 Å². The number of carbonyl (C=O) groups excluding carboxylic acids is 1. The molecule has 3 rings (SSSR count). The zero-order valence-corrected chi connectivity index (χ0v) is 19.0. The van der Waals surface area contributed by atoms with Gasteiger partial charge in [0.1, 0.15) is 18.2 Å².